The molecule has 1 aliphatic heterocycles. The van der Waals surface area contributed by atoms with Gasteiger partial charge in [0.25, 0.3) is 0 Å². The number of alkyl halides is 3. The molecule has 5 nitrogen and oxygen atoms in total. The van der Waals surface area contributed by atoms with E-state index in [1.165, 1.54) is 44.4 Å². The van der Waals surface area contributed by atoms with Crippen molar-refractivity contribution in [2.24, 2.45) is 10.8 Å². The number of hydrazone groups is 1. The predicted octanol–water partition coefficient (Wildman–Crippen LogP) is 3.33. The minimum Gasteiger partial charge on any atom is -0.375 e. The minimum absolute atomic E-state index is 0.0419. The molecule has 1 aromatic rings. The van der Waals surface area contributed by atoms with E-state index in [0.717, 1.165) is 19.2 Å². The molecule has 9 heteroatoms. The molecule has 2 aliphatic rings. The second-order valence-corrected chi connectivity index (χ2v) is 7.76. The molecule has 28 heavy (non-hydrogen) atoms. The first-order valence-corrected chi connectivity index (χ1v) is 10.0. The fourth-order valence-electron chi connectivity index (χ4n) is 4.08. The molecule has 2 fully saturated rings. The number of anilines is 1. The van der Waals surface area contributed by atoms with Gasteiger partial charge < -0.3 is 10.6 Å². The molecule has 154 valence electrons. The zero-order valence-corrected chi connectivity index (χ0v) is 16.5. The minimum atomic E-state index is -4.43. The van der Waals surface area contributed by atoms with Crippen molar-refractivity contribution in [3.8, 4) is 0 Å². The zero-order valence-electron chi connectivity index (χ0n) is 15.7. The van der Waals surface area contributed by atoms with Crippen LogP contribution in [0.4, 0.5) is 18.9 Å². The van der Waals surface area contributed by atoms with E-state index in [1.54, 1.807) is 6.07 Å². The van der Waals surface area contributed by atoms with Crippen LogP contribution in [0.1, 0.15) is 43.2 Å². The molecule has 0 bridgehead atoms. The lowest BCUT2D eigenvalue weighted by Crippen LogP contribution is -2.51. The van der Waals surface area contributed by atoms with Crippen LogP contribution in [0.25, 0.3) is 0 Å². The molecule has 0 amide bonds. The Balaban J connectivity index is 1.72. The van der Waals surface area contributed by atoms with Gasteiger partial charge in [-0.15, -0.1) is 0 Å². The maximum atomic E-state index is 13.7. The third kappa shape index (κ3) is 5.35. The molecular formula is C19H26F3N5S. The normalized spacial score (nSPS) is 19.9. The summed E-state index contributed by atoms with van der Waals surface area (Å²) in [6, 6.07) is 4.87. The van der Waals surface area contributed by atoms with Crippen LogP contribution in [0.5, 0.6) is 0 Å². The molecule has 0 atom stereocenters. The summed E-state index contributed by atoms with van der Waals surface area (Å²) < 4.78 is 41.0. The molecule has 0 aromatic heterocycles. The van der Waals surface area contributed by atoms with Gasteiger partial charge in [-0.25, -0.2) is 0 Å². The lowest BCUT2D eigenvalue weighted by atomic mass is 9.93. The van der Waals surface area contributed by atoms with Gasteiger partial charge in [-0.05, 0) is 42.8 Å². The Bertz CT molecular complexity index is 708. The lowest BCUT2D eigenvalue weighted by molar-refractivity contribution is -0.137. The van der Waals surface area contributed by atoms with Gasteiger partial charge in [-0.2, -0.15) is 18.3 Å². The van der Waals surface area contributed by atoms with E-state index in [1.807, 2.05) is 4.90 Å². The van der Waals surface area contributed by atoms with Crippen molar-refractivity contribution >= 4 is 29.2 Å². The average Bonchev–Trinajstić information content (AvgIpc) is 2.68. The Morgan fingerprint density at radius 1 is 1.14 bits per heavy atom. The van der Waals surface area contributed by atoms with Crippen molar-refractivity contribution in [3.05, 3.63) is 29.3 Å². The first kappa shape index (κ1) is 20.9. The van der Waals surface area contributed by atoms with Crippen LogP contribution in [-0.4, -0.2) is 48.4 Å². The molecule has 1 aromatic carbocycles. The van der Waals surface area contributed by atoms with E-state index in [-0.39, 0.29) is 10.8 Å². The van der Waals surface area contributed by atoms with Gasteiger partial charge in [-0.1, -0.05) is 25.3 Å². The van der Waals surface area contributed by atoms with Gasteiger partial charge in [0.1, 0.15) is 0 Å². The molecule has 1 aliphatic carbocycles. The molecule has 1 saturated carbocycles. The monoisotopic (exact) mass is 413 g/mol. The number of nitrogens with two attached hydrogens (primary N) is 1. The molecular weight excluding hydrogens is 387 g/mol. The van der Waals surface area contributed by atoms with Crippen LogP contribution in [0.2, 0.25) is 0 Å². The Morgan fingerprint density at radius 3 is 2.43 bits per heavy atom. The summed E-state index contributed by atoms with van der Waals surface area (Å²) in [5, 5.41) is 3.70. The van der Waals surface area contributed by atoms with Gasteiger partial charge >= 0.3 is 6.18 Å². The topological polar surface area (TPSA) is 56.9 Å². The summed E-state index contributed by atoms with van der Waals surface area (Å²) in [5.41, 5.74) is 7.53. The van der Waals surface area contributed by atoms with E-state index in [4.69, 9.17) is 5.73 Å². The SMILES string of the molecule is NC(=S)NN=Cc1ccc(N2CCN(C3CCCCC3)CC2)c(C(F)(F)F)c1. The summed E-state index contributed by atoms with van der Waals surface area (Å²) in [7, 11) is 0. The number of hydrogen-bond donors (Lipinski definition) is 2. The van der Waals surface area contributed by atoms with Gasteiger partial charge in [0.2, 0.25) is 0 Å². The number of benzene rings is 1. The van der Waals surface area contributed by atoms with Crippen molar-refractivity contribution in [3.63, 3.8) is 0 Å². The standard InChI is InChI=1S/C19H26F3N5S/c20-19(21,22)16-12-14(13-24-25-18(23)28)6-7-17(16)27-10-8-26(9-11-27)15-4-2-1-3-5-15/h6-7,12-13,15H,1-5,8-11H2,(H3,23,25,28). The molecule has 0 unspecified atom stereocenters. The number of nitrogens with zero attached hydrogens (tertiary/aromatic N) is 3. The summed E-state index contributed by atoms with van der Waals surface area (Å²) in [4.78, 5) is 4.29. The van der Waals surface area contributed by atoms with Crippen molar-refractivity contribution in [1.82, 2.24) is 10.3 Å². The highest BCUT2D eigenvalue weighted by atomic mass is 32.1. The smallest absolute Gasteiger partial charge is 0.375 e. The average molecular weight is 414 g/mol. The van der Waals surface area contributed by atoms with Crippen LogP contribution in [0.3, 0.4) is 0 Å². The highest BCUT2D eigenvalue weighted by molar-refractivity contribution is 7.80. The maximum absolute atomic E-state index is 13.7. The van der Waals surface area contributed by atoms with Crippen LogP contribution >= 0.6 is 12.2 Å². The summed E-state index contributed by atoms with van der Waals surface area (Å²) in [6.45, 7) is 2.83. The predicted molar refractivity (Wildman–Crippen MR) is 110 cm³/mol. The molecule has 0 spiro atoms. The molecule has 1 heterocycles. The first-order valence-electron chi connectivity index (χ1n) is 9.63. The van der Waals surface area contributed by atoms with Crippen LogP contribution in [0.15, 0.2) is 23.3 Å². The van der Waals surface area contributed by atoms with Crippen LogP contribution < -0.4 is 16.1 Å². The van der Waals surface area contributed by atoms with Gasteiger partial charge in [-0.3, -0.25) is 10.3 Å². The Hall–Kier alpha value is -1.87. The van der Waals surface area contributed by atoms with Gasteiger partial charge in [0, 0.05) is 37.9 Å². The fourth-order valence-corrected chi connectivity index (χ4v) is 4.13. The number of nitrogens with one attached hydrogen (secondary N) is 1. The highest BCUT2D eigenvalue weighted by Gasteiger charge is 2.36. The molecule has 1 saturated heterocycles. The van der Waals surface area contributed by atoms with Gasteiger partial charge in [0.05, 0.1) is 11.8 Å². The first-order chi connectivity index (χ1) is 13.3. The third-order valence-electron chi connectivity index (χ3n) is 5.46. The van der Waals surface area contributed by atoms with E-state index >= 15 is 0 Å². The van der Waals surface area contributed by atoms with Crippen LogP contribution in [-0.2, 0) is 6.18 Å². The number of piperazine rings is 1. The van der Waals surface area contributed by atoms with Crippen molar-refractivity contribution < 1.29 is 13.2 Å². The number of rotatable bonds is 4. The van der Waals surface area contributed by atoms with E-state index in [2.05, 4.69) is 27.6 Å². The lowest BCUT2D eigenvalue weighted by Gasteiger charge is -2.42. The second-order valence-electron chi connectivity index (χ2n) is 7.32. The summed E-state index contributed by atoms with van der Waals surface area (Å²) in [6.07, 6.45) is 3.08. The maximum Gasteiger partial charge on any atom is 0.418 e. The molecule has 0 radical (unpaired) electrons. The van der Waals surface area contributed by atoms with Crippen molar-refractivity contribution in [2.45, 2.75) is 44.3 Å². The Labute approximate surface area is 168 Å². The Morgan fingerprint density at radius 2 is 1.82 bits per heavy atom. The third-order valence-corrected chi connectivity index (χ3v) is 5.55. The zero-order chi connectivity index (χ0) is 20.1. The number of halogens is 3. The van der Waals surface area contributed by atoms with E-state index in [0.29, 0.717) is 24.7 Å². The highest BCUT2D eigenvalue weighted by Crippen LogP contribution is 2.37. The number of hydrogen-bond acceptors (Lipinski definition) is 4. The fraction of sp³-hybridized carbons (Fsp3) is 0.579. The quantitative estimate of drug-likeness (QED) is 0.451. The molecule has 3 N–H and O–H groups in total. The van der Waals surface area contributed by atoms with Gasteiger partial charge in [0.15, 0.2) is 5.11 Å². The summed E-state index contributed by atoms with van der Waals surface area (Å²) >= 11 is 4.62. The van der Waals surface area contributed by atoms with E-state index in [9.17, 15) is 13.2 Å². The van der Waals surface area contributed by atoms with Crippen molar-refractivity contribution in [1.29, 1.82) is 0 Å². The largest absolute Gasteiger partial charge is 0.418 e. The number of thiocarbonyl (C=S) groups is 1. The van der Waals surface area contributed by atoms with E-state index < -0.39 is 11.7 Å². The summed E-state index contributed by atoms with van der Waals surface area (Å²) in [5.74, 6) is 0. The second kappa shape index (κ2) is 9.09. The van der Waals surface area contributed by atoms with Crippen molar-refractivity contribution in [2.75, 3.05) is 31.1 Å². The Kier molecular flexibility index (Phi) is 6.77. The molecule has 3 rings (SSSR count). The van der Waals surface area contributed by atoms with Crippen LogP contribution in [0, 0.1) is 0 Å².